The monoisotopic (exact) mass is 235 g/mol. The Morgan fingerprint density at radius 2 is 1.79 bits per heavy atom. The molecule has 1 rings (SSSR count). The third-order valence-corrected chi connectivity index (χ3v) is 2.24. The van der Waals surface area contributed by atoms with E-state index in [9.17, 15) is 9.90 Å². The van der Waals surface area contributed by atoms with Gasteiger partial charge < -0.3 is 15.9 Å². The first-order chi connectivity index (χ1) is 6.43. The average molecular weight is 236 g/mol. The third kappa shape index (κ3) is 2.09. The van der Waals surface area contributed by atoms with Gasteiger partial charge in [0.1, 0.15) is 6.04 Å². The molecule has 0 amide bonds. The molecule has 0 saturated carbocycles. The number of rotatable bonds is 2. The van der Waals surface area contributed by atoms with Crippen LogP contribution in [0.3, 0.4) is 0 Å². The molecule has 0 fully saturated rings. The minimum absolute atomic E-state index is 0.0239. The number of halogens is 2. The van der Waals surface area contributed by atoms with Gasteiger partial charge in [-0.05, 0) is 17.7 Å². The van der Waals surface area contributed by atoms with E-state index >= 15 is 0 Å². The second-order valence-corrected chi connectivity index (χ2v) is 3.46. The predicted molar refractivity (Wildman–Crippen MR) is 52.7 cm³/mol. The second-order valence-electron chi connectivity index (χ2n) is 2.65. The SMILES string of the molecule is N[C@H](C(=O)O)c1cc(Cl)c(O)c(Cl)c1. The summed E-state index contributed by atoms with van der Waals surface area (Å²) < 4.78 is 0. The third-order valence-electron chi connectivity index (χ3n) is 1.66. The molecule has 0 saturated heterocycles. The maximum atomic E-state index is 10.5. The van der Waals surface area contributed by atoms with Crippen molar-refractivity contribution in [1.82, 2.24) is 0 Å². The molecule has 0 bridgehead atoms. The van der Waals surface area contributed by atoms with Gasteiger partial charge in [-0.2, -0.15) is 0 Å². The van der Waals surface area contributed by atoms with E-state index in [2.05, 4.69) is 0 Å². The Bertz CT molecular complexity index is 358. The van der Waals surface area contributed by atoms with Crippen molar-refractivity contribution < 1.29 is 15.0 Å². The average Bonchev–Trinajstić information content (AvgIpc) is 2.12. The molecule has 4 N–H and O–H groups in total. The maximum Gasteiger partial charge on any atom is 0.325 e. The molecule has 0 unspecified atom stereocenters. The smallest absolute Gasteiger partial charge is 0.325 e. The molecule has 14 heavy (non-hydrogen) atoms. The fourth-order valence-corrected chi connectivity index (χ4v) is 1.41. The van der Waals surface area contributed by atoms with Crippen molar-refractivity contribution in [3.63, 3.8) is 0 Å². The molecule has 1 aromatic rings. The summed E-state index contributed by atoms with van der Waals surface area (Å²) >= 11 is 11.2. The van der Waals surface area contributed by atoms with Crippen molar-refractivity contribution in [3.05, 3.63) is 27.7 Å². The number of benzene rings is 1. The van der Waals surface area contributed by atoms with Crippen molar-refractivity contribution in [2.45, 2.75) is 6.04 Å². The zero-order chi connectivity index (χ0) is 10.9. The number of aliphatic carboxylic acids is 1. The highest BCUT2D eigenvalue weighted by Gasteiger charge is 2.17. The van der Waals surface area contributed by atoms with E-state index in [-0.39, 0.29) is 21.4 Å². The van der Waals surface area contributed by atoms with E-state index in [1.54, 1.807) is 0 Å². The number of hydrogen-bond donors (Lipinski definition) is 3. The number of hydrogen-bond acceptors (Lipinski definition) is 3. The summed E-state index contributed by atoms with van der Waals surface area (Å²) in [6.07, 6.45) is 0. The first-order valence-corrected chi connectivity index (χ1v) is 4.35. The Morgan fingerprint density at radius 1 is 1.36 bits per heavy atom. The molecule has 76 valence electrons. The normalized spacial score (nSPS) is 12.5. The van der Waals surface area contributed by atoms with Gasteiger partial charge in [0.2, 0.25) is 0 Å². The van der Waals surface area contributed by atoms with Crippen molar-refractivity contribution in [2.75, 3.05) is 0 Å². The van der Waals surface area contributed by atoms with Crippen LogP contribution in [-0.4, -0.2) is 16.2 Å². The summed E-state index contributed by atoms with van der Waals surface area (Å²) in [4.78, 5) is 10.5. The number of aromatic hydroxyl groups is 1. The highest BCUT2D eigenvalue weighted by atomic mass is 35.5. The van der Waals surface area contributed by atoms with Crippen molar-refractivity contribution in [2.24, 2.45) is 5.73 Å². The molecule has 0 heterocycles. The molecule has 6 heteroatoms. The van der Waals surface area contributed by atoms with Crippen LogP contribution in [0.25, 0.3) is 0 Å². The standard InChI is InChI=1S/C8H7Cl2NO3/c9-4-1-3(6(11)8(13)14)2-5(10)7(4)12/h1-2,6,12H,11H2,(H,13,14)/t6-/m0/s1. The molecule has 0 aliphatic rings. The fraction of sp³-hybridized carbons (Fsp3) is 0.125. The summed E-state index contributed by atoms with van der Waals surface area (Å²) in [5, 5.41) is 17.8. The van der Waals surface area contributed by atoms with Crippen LogP contribution in [-0.2, 0) is 4.79 Å². The van der Waals surface area contributed by atoms with Crippen LogP contribution in [0.4, 0.5) is 0 Å². The Balaban J connectivity index is 3.19. The molecular weight excluding hydrogens is 229 g/mol. The van der Waals surface area contributed by atoms with Gasteiger partial charge in [-0.3, -0.25) is 4.79 Å². The number of carboxylic acid groups (broad SMARTS) is 1. The van der Waals surface area contributed by atoms with Gasteiger partial charge in [0.05, 0.1) is 10.0 Å². The summed E-state index contributed by atoms with van der Waals surface area (Å²) in [7, 11) is 0. The van der Waals surface area contributed by atoms with Gasteiger partial charge in [-0.1, -0.05) is 23.2 Å². The van der Waals surface area contributed by atoms with E-state index in [0.717, 1.165) is 0 Å². The van der Waals surface area contributed by atoms with E-state index in [4.69, 9.17) is 34.0 Å². The second kappa shape index (κ2) is 4.04. The Labute approximate surface area is 89.9 Å². The summed E-state index contributed by atoms with van der Waals surface area (Å²) in [6, 6.07) is 1.33. The molecule has 0 aliphatic carbocycles. The van der Waals surface area contributed by atoms with Gasteiger partial charge >= 0.3 is 5.97 Å². The zero-order valence-corrected chi connectivity index (χ0v) is 8.38. The number of carbonyl (C=O) groups is 1. The van der Waals surface area contributed by atoms with Crippen LogP contribution in [0.15, 0.2) is 12.1 Å². The van der Waals surface area contributed by atoms with Gasteiger partial charge in [-0.25, -0.2) is 0 Å². The van der Waals surface area contributed by atoms with Crippen LogP contribution >= 0.6 is 23.2 Å². The maximum absolute atomic E-state index is 10.5. The van der Waals surface area contributed by atoms with Crippen molar-refractivity contribution >= 4 is 29.2 Å². The zero-order valence-electron chi connectivity index (χ0n) is 6.87. The lowest BCUT2D eigenvalue weighted by molar-refractivity contribution is -0.138. The highest BCUT2D eigenvalue weighted by Crippen LogP contribution is 2.34. The lowest BCUT2D eigenvalue weighted by Crippen LogP contribution is -2.20. The molecule has 0 aliphatic heterocycles. The lowest BCUT2D eigenvalue weighted by Gasteiger charge is -2.08. The molecule has 0 radical (unpaired) electrons. The van der Waals surface area contributed by atoms with E-state index < -0.39 is 12.0 Å². The minimum Gasteiger partial charge on any atom is -0.505 e. The van der Waals surface area contributed by atoms with Crippen molar-refractivity contribution in [3.8, 4) is 5.75 Å². The quantitative estimate of drug-likeness (QED) is 0.730. The van der Waals surface area contributed by atoms with Crippen LogP contribution in [0.1, 0.15) is 11.6 Å². The van der Waals surface area contributed by atoms with Crippen LogP contribution < -0.4 is 5.73 Å². The summed E-state index contributed by atoms with van der Waals surface area (Å²) in [6.45, 7) is 0. The van der Waals surface area contributed by atoms with E-state index in [1.165, 1.54) is 12.1 Å². The van der Waals surface area contributed by atoms with Gasteiger partial charge in [0.25, 0.3) is 0 Å². The minimum atomic E-state index is -1.20. The van der Waals surface area contributed by atoms with E-state index in [1.807, 2.05) is 0 Å². The topological polar surface area (TPSA) is 83.6 Å². The van der Waals surface area contributed by atoms with Crippen molar-refractivity contribution in [1.29, 1.82) is 0 Å². The summed E-state index contributed by atoms with van der Waals surface area (Å²) in [5.74, 6) is -1.47. The summed E-state index contributed by atoms with van der Waals surface area (Å²) in [5.41, 5.74) is 5.57. The van der Waals surface area contributed by atoms with E-state index in [0.29, 0.717) is 0 Å². The van der Waals surface area contributed by atoms with Gasteiger partial charge in [-0.15, -0.1) is 0 Å². The molecular formula is C8H7Cl2NO3. The lowest BCUT2D eigenvalue weighted by atomic mass is 10.1. The predicted octanol–water partition coefficient (Wildman–Crippen LogP) is 1.78. The van der Waals surface area contributed by atoms with Crippen LogP contribution in [0, 0.1) is 0 Å². The number of carboxylic acids is 1. The van der Waals surface area contributed by atoms with Crippen LogP contribution in [0.2, 0.25) is 10.0 Å². The molecule has 1 atom stereocenters. The molecule has 4 nitrogen and oxygen atoms in total. The van der Waals surface area contributed by atoms with Crippen LogP contribution in [0.5, 0.6) is 5.75 Å². The molecule has 0 aromatic heterocycles. The molecule has 1 aromatic carbocycles. The first-order valence-electron chi connectivity index (χ1n) is 3.59. The Morgan fingerprint density at radius 3 is 2.14 bits per heavy atom. The number of nitrogens with two attached hydrogens (primary N) is 1. The Kier molecular flexibility index (Phi) is 3.21. The Hall–Kier alpha value is -0.970. The molecule has 0 spiro atoms. The van der Waals surface area contributed by atoms with Gasteiger partial charge in [0, 0.05) is 0 Å². The highest BCUT2D eigenvalue weighted by molar-refractivity contribution is 6.37. The fourth-order valence-electron chi connectivity index (χ4n) is 0.907. The number of phenols is 1. The first kappa shape index (κ1) is 11.1. The number of phenolic OH excluding ortho intramolecular Hbond substituents is 1. The largest absolute Gasteiger partial charge is 0.505 e. The van der Waals surface area contributed by atoms with Gasteiger partial charge in [0.15, 0.2) is 5.75 Å².